The van der Waals surface area contributed by atoms with Gasteiger partial charge in [-0.2, -0.15) is 0 Å². The molecular formula is C22H29N3O3. The van der Waals surface area contributed by atoms with Crippen LogP contribution in [-0.2, 0) is 17.6 Å². The van der Waals surface area contributed by atoms with Crippen LogP contribution in [0.1, 0.15) is 28.4 Å². The van der Waals surface area contributed by atoms with Gasteiger partial charge in [-0.15, -0.1) is 0 Å². The van der Waals surface area contributed by atoms with Crippen LogP contribution in [0.4, 0.5) is 0 Å². The van der Waals surface area contributed by atoms with Crippen molar-refractivity contribution in [2.45, 2.75) is 19.8 Å². The fourth-order valence-corrected chi connectivity index (χ4v) is 2.79. The van der Waals surface area contributed by atoms with Gasteiger partial charge in [0.15, 0.2) is 5.96 Å². The molecular weight excluding hydrogens is 354 g/mol. The van der Waals surface area contributed by atoms with Crippen molar-refractivity contribution in [3.63, 3.8) is 0 Å². The van der Waals surface area contributed by atoms with E-state index in [4.69, 9.17) is 9.47 Å². The molecule has 2 aromatic carbocycles. The number of hydrogen-bond acceptors (Lipinski definition) is 4. The predicted molar refractivity (Wildman–Crippen MR) is 112 cm³/mol. The lowest BCUT2D eigenvalue weighted by Gasteiger charge is -2.12. The molecule has 0 saturated heterocycles. The van der Waals surface area contributed by atoms with Crippen molar-refractivity contribution >= 4 is 11.9 Å². The van der Waals surface area contributed by atoms with Crippen LogP contribution in [0.25, 0.3) is 0 Å². The highest BCUT2D eigenvalue weighted by Gasteiger charge is 2.05. The number of nitrogens with zero attached hydrogens (tertiary/aromatic N) is 1. The van der Waals surface area contributed by atoms with Crippen molar-refractivity contribution in [2.24, 2.45) is 4.99 Å². The Labute approximate surface area is 167 Å². The monoisotopic (exact) mass is 383 g/mol. The standard InChI is InChI=1S/C22H29N3O3/c1-4-23-22(25-16-14-18-7-5-6-8-20(18)27-2)24-15-13-17-9-11-19(12-10-17)21(26)28-3/h5-12H,4,13-16H2,1-3H3,(H2,23,24,25). The second-order valence-electron chi connectivity index (χ2n) is 6.19. The lowest BCUT2D eigenvalue weighted by atomic mass is 10.1. The van der Waals surface area contributed by atoms with Crippen molar-refractivity contribution in [1.82, 2.24) is 10.6 Å². The third kappa shape index (κ3) is 6.61. The first-order chi connectivity index (χ1) is 13.7. The van der Waals surface area contributed by atoms with E-state index in [-0.39, 0.29) is 5.97 Å². The van der Waals surface area contributed by atoms with Gasteiger partial charge >= 0.3 is 5.97 Å². The molecule has 6 heteroatoms. The Morgan fingerprint density at radius 3 is 2.43 bits per heavy atom. The van der Waals surface area contributed by atoms with Crippen LogP contribution < -0.4 is 15.4 Å². The lowest BCUT2D eigenvalue weighted by Crippen LogP contribution is -2.38. The molecule has 0 bridgehead atoms. The fraction of sp³-hybridized carbons (Fsp3) is 0.364. The highest BCUT2D eigenvalue weighted by molar-refractivity contribution is 5.89. The minimum atomic E-state index is -0.318. The van der Waals surface area contributed by atoms with Crippen LogP contribution in [0.2, 0.25) is 0 Å². The quantitative estimate of drug-likeness (QED) is 0.396. The summed E-state index contributed by atoms with van der Waals surface area (Å²) in [5, 5.41) is 6.61. The molecule has 0 aliphatic heterocycles. The number of aliphatic imine (C=N–C) groups is 1. The zero-order valence-electron chi connectivity index (χ0n) is 16.8. The summed E-state index contributed by atoms with van der Waals surface area (Å²) in [6.45, 7) is 4.26. The van der Waals surface area contributed by atoms with E-state index < -0.39 is 0 Å². The maximum Gasteiger partial charge on any atom is 0.337 e. The zero-order valence-corrected chi connectivity index (χ0v) is 16.8. The summed E-state index contributed by atoms with van der Waals surface area (Å²) in [6, 6.07) is 15.5. The van der Waals surface area contributed by atoms with Crippen molar-refractivity contribution in [3.05, 3.63) is 65.2 Å². The second-order valence-corrected chi connectivity index (χ2v) is 6.19. The van der Waals surface area contributed by atoms with Gasteiger partial charge in [0.2, 0.25) is 0 Å². The molecule has 0 atom stereocenters. The number of guanidine groups is 1. The number of carbonyl (C=O) groups excluding carboxylic acids is 1. The molecule has 150 valence electrons. The summed E-state index contributed by atoms with van der Waals surface area (Å²) in [5.41, 5.74) is 2.85. The third-order valence-electron chi connectivity index (χ3n) is 4.27. The first-order valence-corrected chi connectivity index (χ1v) is 9.49. The smallest absolute Gasteiger partial charge is 0.337 e. The van der Waals surface area contributed by atoms with Crippen LogP contribution in [0.5, 0.6) is 5.75 Å². The Kier molecular flexibility index (Phi) is 8.85. The molecule has 2 N–H and O–H groups in total. The minimum Gasteiger partial charge on any atom is -0.496 e. The molecule has 0 aliphatic carbocycles. The molecule has 2 aromatic rings. The van der Waals surface area contributed by atoms with Crippen LogP contribution in [0, 0.1) is 0 Å². The third-order valence-corrected chi connectivity index (χ3v) is 4.27. The molecule has 0 unspecified atom stereocenters. The maximum absolute atomic E-state index is 11.5. The Bertz CT molecular complexity index is 773. The number of hydrogen-bond donors (Lipinski definition) is 2. The number of esters is 1. The van der Waals surface area contributed by atoms with E-state index in [9.17, 15) is 4.79 Å². The molecule has 0 radical (unpaired) electrons. The molecule has 0 amide bonds. The van der Waals surface area contributed by atoms with Crippen LogP contribution in [0.3, 0.4) is 0 Å². The highest BCUT2D eigenvalue weighted by atomic mass is 16.5. The van der Waals surface area contributed by atoms with E-state index in [1.165, 1.54) is 7.11 Å². The zero-order chi connectivity index (χ0) is 20.2. The van der Waals surface area contributed by atoms with Crippen molar-refractivity contribution in [1.29, 1.82) is 0 Å². The normalized spacial score (nSPS) is 11.0. The molecule has 0 saturated carbocycles. The number of nitrogens with one attached hydrogen (secondary N) is 2. The van der Waals surface area contributed by atoms with Gasteiger partial charge in [0, 0.05) is 19.6 Å². The fourth-order valence-electron chi connectivity index (χ4n) is 2.79. The van der Waals surface area contributed by atoms with Crippen molar-refractivity contribution < 1.29 is 14.3 Å². The van der Waals surface area contributed by atoms with Gasteiger partial charge < -0.3 is 20.1 Å². The SMILES string of the molecule is CCNC(=NCCc1ccccc1OC)NCCc1ccc(C(=O)OC)cc1. The number of benzene rings is 2. The van der Waals surface area contributed by atoms with Gasteiger partial charge in [0.25, 0.3) is 0 Å². The molecule has 0 aromatic heterocycles. The summed E-state index contributed by atoms with van der Waals surface area (Å²) >= 11 is 0. The average Bonchev–Trinajstić information content (AvgIpc) is 2.74. The Hall–Kier alpha value is -3.02. The van der Waals surface area contributed by atoms with Crippen molar-refractivity contribution in [2.75, 3.05) is 33.9 Å². The predicted octanol–water partition coefficient (Wildman–Crippen LogP) is 2.82. The van der Waals surface area contributed by atoms with Crippen LogP contribution in [-0.4, -0.2) is 45.8 Å². The number of para-hydroxylation sites is 1. The first-order valence-electron chi connectivity index (χ1n) is 9.49. The summed E-state index contributed by atoms with van der Waals surface area (Å²) in [4.78, 5) is 16.1. The summed E-state index contributed by atoms with van der Waals surface area (Å²) in [6.07, 6.45) is 1.65. The largest absolute Gasteiger partial charge is 0.496 e. The Balaban J connectivity index is 1.84. The number of methoxy groups -OCH3 is 2. The van der Waals surface area contributed by atoms with Gasteiger partial charge in [-0.3, -0.25) is 4.99 Å². The molecule has 0 aliphatic rings. The average molecular weight is 383 g/mol. The lowest BCUT2D eigenvalue weighted by molar-refractivity contribution is 0.0600. The number of carbonyl (C=O) groups is 1. The summed E-state index contributed by atoms with van der Waals surface area (Å²) in [7, 11) is 3.07. The molecule has 28 heavy (non-hydrogen) atoms. The Morgan fingerprint density at radius 1 is 1.00 bits per heavy atom. The van der Waals surface area contributed by atoms with E-state index in [2.05, 4.69) is 21.7 Å². The maximum atomic E-state index is 11.5. The molecule has 0 spiro atoms. The second kappa shape index (κ2) is 11.6. The molecule has 6 nitrogen and oxygen atoms in total. The molecule has 0 heterocycles. The van der Waals surface area contributed by atoms with E-state index in [0.717, 1.165) is 48.8 Å². The number of rotatable bonds is 9. The minimum absolute atomic E-state index is 0.318. The van der Waals surface area contributed by atoms with E-state index >= 15 is 0 Å². The van der Waals surface area contributed by atoms with E-state index in [0.29, 0.717) is 12.1 Å². The Morgan fingerprint density at radius 2 is 1.75 bits per heavy atom. The van der Waals surface area contributed by atoms with Gasteiger partial charge in [0.05, 0.1) is 19.8 Å². The van der Waals surface area contributed by atoms with E-state index in [1.807, 2.05) is 37.3 Å². The van der Waals surface area contributed by atoms with Gasteiger partial charge in [-0.25, -0.2) is 4.79 Å². The summed E-state index contributed by atoms with van der Waals surface area (Å²) < 4.78 is 10.1. The van der Waals surface area contributed by atoms with Crippen molar-refractivity contribution in [3.8, 4) is 5.75 Å². The topological polar surface area (TPSA) is 72.0 Å². The van der Waals surface area contributed by atoms with E-state index in [1.54, 1.807) is 19.2 Å². The van der Waals surface area contributed by atoms with Crippen LogP contribution >= 0.6 is 0 Å². The number of ether oxygens (including phenoxy) is 2. The summed E-state index contributed by atoms with van der Waals surface area (Å²) in [5.74, 6) is 1.37. The molecule has 2 rings (SSSR count). The van der Waals surface area contributed by atoms with Gasteiger partial charge in [-0.05, 0) is 49.1 Å². The highest BCUT2D eigenvalue weighted by Crippen LogP contribution is 2.17. The first kappa shape index (κ1) is 21.3. The van der Waals surface area contributed by atoms with Gasteiger partial charge in [0.1, 0.15) is 5.75 Å². The molecule has 0 fully saturated rings. The van der Waals surface area contributed by atoms with Gasteiger partial charge in [-0.1, -0.05) is 30.3 Å². The van der Waals surface area contributed by atoms with Crippen LogP contribution in [0.15, 0.2) is 53.5 Å².